The molecule has 2 aromatic rings. The van der Waals surface area contributed by atoms with Crippen molar-refractivity contribution in [3.63, 3.8) is 0 Å². The van der Waals surface area contributed by atoms with E-state index in [4.69, 9.17) is 5.10 Å². The van der Waals surface area contributed by atoms with Gasteiger partial charge >= 0.3 is 12.4 Å². The zero-order valence-corrected chi connectivity index (χ0v) is 18.6. The molecule has 2 heterocycles. The van der Waals surface area contributed by atoms with Gasteiger partial charge in [0, 0.05) is 24.0 Å². The van der Waals surface area contributed by atoms with E-state index >= 15 is 0 Å². The van der Waals surface area contributed by atoms with Crippen LogP contribution in [-0.2, 0) is 12.4 Å². The molecule has 33 heavy (non-hydrogen) atoms. The summed E-state index contributed by atoms with van der Waals surface area (Å²) >= 11 is 1.62. The van der Waals surface area contributed by atoms with Crippen molar-refractivity contribution in [1.82, 2.24) is 5.01 Å². The molecule has 0 saturated carbocycles. The molecular formula is C24H22F6N2S. The largest absolute Gasteiger partial charge is 0.416 e. The molecule has 9 heteroatoms. The molecule has 1 saturated heterocycles. The van der Waals surface area contributed by atoms with Crippen LogP contribution < -0.4 is 0 Å². The van der Waals surface area contributed by atoms with Gasteiger partial charge in [0.05, 0.1) is 22.9 Å². The summed E-state index contributed by atoms with van der Waals surface area (Å²) in [5.41, 5.74) is 1.11. The molecule has 0 bridgehead atoms. The van der Waals surface area contributed by atoms with Gasteiger partial charge in [0.1, 0.15) is 0 Å². The van der Waals surface area contributed by atoms with Crippen molar-refractivity contribution in [3.8, 4) is 0 Å². The first kappa shape index (κ1) is 23.7. The quantitative estimate of drug-likeness (QED) is 0.424. The summed E-state index contributed by atoms with van der Waals surface area (Å²) in [5, 5.41) is 6.60. The van der Waals surface area contributed by atoms with Gasteiger partial charge in [-0.15, -0.1) is 0 Å². The van der Waals surface area contributed by atoms with E-state index in [2.05, 4.69) is 0 Å². The zero-order valence-electron chi connectivity index (χ0n) is 17.7. The highest BCUT2D eigenvalue weighted by Crippen LogP contribution is 2.44. The first-order valence-electron chi connectivity index (χ1n) is 10.6. The number of hydrazone groups is 1. The number of nitrogens with zero attached hydrogens (tertiary/aromatic N) is 2. The van der Waals surface area contributed by atoms with Crippen LogP contribution in [0, 0.1) is 5.92 Å². The number of alkyl halides is 6. The van der Waals surface area contributed by atoms with E-state index in [0.29, 0.717) is 29.2 Å². The van der Waals surface area contributed by atoms with Crippen LogP contribution in [0.4, 0.5) is 26.3 Å². The highest BCUT2D eigenvalue weighted by Gasteiger charge is 2.42. The number of benzene rings is 2. The Morgan fingerprint density at radius 2 is 1.67 bits per heavy atom. The first-order valence-corrected chi connectivity index (χ1v) is 11.7. The fourth-order valence-electron chi connectivity index (χ4n) is 4.32. The molecule has 2 aromatic carbocycles. The van der Waals surface area contributed by atoms with Gasteiger partial charge in [-0.2, -0.15) is 43.2 Å². The summed E-state index contributed by atoms with van der Waals surface area (Å²) in [4.78, 5) is 0. The number of rotatable bonds is 4. The van der Waals surface area contributed by atoms with Crippen molar-refractivity contribution in [2.45, 2.75) is 31.7 Å². The molecule has 2 atom stereocenters. The molecule has 2 aliphatic heterocycles. The molecule has 0 aliphatic carbocycles. The summed E-state index contributed by atoms with van der Waals surface area (Å²) < 4.78 is 79.3. The second-order valence-electron chi connectivity index (χ2n) is 8.13. The lowest BCUT2D eigenvalue weighted by Crippen LogP contribution is -2.31. The lowest BCUT2D eigenvalue weighted by molar-refractivity contribution is -0.138. The van der Waals surface area contributed by atoms with E-state index in [1.54, 1.807) is 30.0 Å². The number of fused-ring (bicyclic) bond motifs is 1. The van der Waals surface area contributed by atoms with Gasteiger partial charge in [-0.1, -0.05) is 31.2 Å². The molecule has 176 valence electrons. The summed E-state index contributed by atoms with van der Waals surface area (Å²) in [7, 11) is 0. The Bertz CT molecular complexity index is 1070. The van der Waals surface area contributed by atoms with Crippen LogP contribution in [0.3, 0.4) is 0 Å². The lowest BCUT2D eigenvalue weighted by Gasteiger charge is -2.30. The van der Waals surface area contributed by atoms with Crippen molar-refractivity contribution in [1.29, 1.82) is 0 Å². The minimum Gasteiger partial charge on any atom is -0.289 e. The second kappa shape index (κ2) is 9.08. The molecule has 0 spiro atoms. The Kier molecular flexibility index (Phi) is 6.53. The van der Waals surface area contributed by atoms with Crippen LogP contribution >= 0.6 is 11.8 Å². The Hall–Kier alpha value is -2.42. The molecule has 0 aromatic heterocycles. The Balaban J connectivity index is 1.70. The van der Waals surface area contributed by atoms with Gasteiger partial charge in [-0.05, 0) is 53.5 Å². The molecule has 0 amide bonds. The van der Waals surface area contributed by atoms with E-state index < -0.39 is 23.5 Å². The van der Waals surface area contributed by atoms with Crippen LogP contribution in [0.15, 0.2) is 59.2 Å². The van der Waals surface area contributed by atoms with Gasteiger partial charge < -0.3 is 0 Å². The topological polar surface area (TPSA) is 15.6 Å². The molecular weight excluding hydrogens is 462 g/mol. The summed E-state index contributed by atoms with van der Waals surface area (Å²) in [6, 6.07) is 10.1. The Labute approximate surface area is 192 Å². The zero-order chi connectivity index (χ0) is 23.8. The van der Waals surface area contributed by atoms with E-state index in [-0.39, 0.29) is 12.0 Å². The SMILES string of the molecule is CCCN1N=C2/C(=C/c3cccc(C(F)(F)F)c3)CSCC2C1c1cccc(C(F)(F)F)c1. The molecule has 1 fully saturated rings. The van der Waals surface area contributed by atoms with Gasteiger partial charge in [-0.25, -0.2) is 0 Å². The fourth-order valence-corrected chi connectivity index (χ4v) is 5.48. The van der Waals surface area contributed by atoms with Gasteiger partial charge in [0.15, 0.2) is 0 Å². The van der Waals surface area contributed by atoms with Crippen molar-refractivity contribution in [2.24, 2.45) is 11.0 Å². The van der Waals surface area contributed by atoms with Crippen molar-refractivity contribution >= 4 is 23.5 Å². The molecule has 2 aliphatic rings. The first-order chi connectivity index (χ1) is 15.6. The maximum atomic E-state index is 13.3. The molecule has 2 nitrogen and oxygen atoms in total. The highest BCUT2D eigenvalue weighted by atomic mass is 32.2. The van der Waals surface area contributed by atoms with Crippen LogP contribution in [0.25, 0.3) is 6.08 Å². The minimum atomic E-state index is -4.44. The Morgan fingerprint density at radius 3 is 2.33 bits per heavy atom. The standard InChI is InChI=1S/C24H22F6N2S/c1-2-9-32-22(16-6-4-8-19(12-16)24(28,29)30)20-14-33-13-17(21(20)31-32)10-15-5-3-7-18(11-15)23(25,26)27/h3-8,10-12,20,22H,2,9,13-14H2,1H3/b17-10+. The van der Waals surface area contributed by atoms with Gasteiger partial charge in [0.2, 0.25) is 0 Å². The van der Waals surface area contributed by atoms with Crippen LogP contribution in [0.5, 0.6) is 0 Å². The number of thioether (sulfide) groups is 1. The summed E-state index contributed by atoms with van der Waals surface area (Å²) in [6.07, 6.45) is -6.40. The maximum absolute atomic E-state index is 13.3. The predicted octanol–water partition coefficient (Wildman–Crippen LogP) is 7.29. The number of halogens is 6. The average Bonchev–Trinajstić information content (AvgIpc) is 3.12. The summed E-state index contributed by atoms with van der Waals surface area (Å²) in [6.45, 7) is 2.54. The number of hydrogen-bond donors (Lipinski definition) is 0. The smallest absolute Gasteiger partial charge is 0.289 e. The second-order valence-corrected chi connectivity index (χ2v) is 9.16. The van der Waals surface area contributed by atoms with E-state index in [0.717, 1.165) is 35.9 Å². The number of hydrogen-bond acceptors (Lipinski definition) is 3. The molecule has 0 radical (unpaired) electrons. The maximum Gasteiger partial charge on any atom is 0.416 e. The molecule has 0 N–H and O–H groups in total. The van der Waals surface area contributed by atoms with E-state index in [1.807, 2.05) is 11.9 Å². The molecule has 2 unspecified atom stereocenters. The van der Waals surface area contributed by atoms with E-state index in [9.17, 15) is 26.3 Å². The Morgan fingerprint density at radius 1 is 1.00 bits per heavy atom. The highest BCUT2D eigenvalue weighted by molar-refractivity contribution is 7.99. The van der Waals surface area contributed by atoms with Crippen LogP contribution in [0.2, 0.25) is 0 Å². The van der Waals surface area contributed by atoms with Crippen LogP contribution in [0.1, 0.15) is 41.6 Å². The van der Waals surface area contributed by atoms with Crippen LogP contribution in [-0.4, -0.2) is 28.8 Å². The normalized spacial score (nSPS) is 22.5. The predicted molar refractivity (Wildman–Crippen MR) is 119 cm³/mol. The van der Waals surface area contributed by atoms with Gasteiger partial charge in [-0.3, -0.25) is 5.01 Å². The lowest BCUT2D eigenvalue weighted by atomic mass is 9.87. The van der Waals surface area contributed by atoms with Crippen molar-refractivity contribution in [3.05, 3.63) is 76.4 Å². The van der Waals surface area contributed by atoms with Gasteiger partial charge in [0.25, 0.3) is 0 Å². The third-order valence-corrected chi connectivity index (χ3v) is 6.85. The van der Waals surface area contributed by atoms with E-state index in [1.165, 1.54) is 18.2 Å². The van der Waals surface area contributed by atoms with Crippen molar-refractivity contribution in [2.75, 3.05) is 18.1 Å². The third-order valence-electron chi connectivity index (χ3n) is 5.74. The summed E-state index contributed by atoms with van der Waals surface area (Å²) in [5.74, 6) is 1.12. The fraction of sp³-hybridized carbons (Fsp3) is 0.375. The average molecular weight is 485 g/mol. The monoisotopic (exact) mass is 484 g/mol. The molecule has 4 rings (SSSR count). The minimum absolute atomic E-state index is 0.143. The third kappa shape index (κ3) is 5.08. The van der Waals surface area contributed by atoms with Crippen molar-refractivity contribution < 1.29 is 26.3 Å².